The molecule has 0 bridgehead atoms. The minimum atomic E-state index is -0.557. The van der Waals surface area contributed by atoms with Crippen LogP contribution < -0.4 is 14.8 Å². The summed E-state index contributed by atoms with van der Waals surface area (Å²) in [6.07, 6.45) is -0.557. The summed E-state index contributed by atoms with van der Waals surface area (Å²) in [5.74, 6) is 1.71. The maximum absolute atomic E-state index is 9.74. The highest BCUT2D eigenvalue weighted by Gasteiger charge is 2.05. The summed E-state index contributed by atoms with van der Waals surface area (Å²) in [5, 5.41) is 25.8. The molecule has 1 heterocycles. The number of aromatic hydroxyl groups is 1. The number of rotatable bonds is 9. The summed E-state index contributed by atoms with van der Waals surface area (Å²) in [5.41, 5.74) is 0. The van der Waals surface area contributed by atoms with Crippen LogP contribution in [0.5, 0.6) is 17.2 Å². The van der Waals surface area contributed by atoms with Gasteiger partial charge in [-0.15, -0.1) is 11.3 Å². The Morgan fingerprint density at radius 1 is 1.10 bits per heavy atom. The zero-order valence-corrected chi connectivity index (χ0v) is 12.4. The Hall–Kier alpha value is -1.76. The number of aliphatic hydroxyl groups is 1. The van der Waals surface area contributed by atoms with Gasteiger partial charge in [0.15, 0.2) is 0 Å². The zero-order valence-electron chi connectivity index (χ0n) is 11.6. The van der Waals surface area contributed by atoms with Gasteiger partial charge in [0.25, 0.3) is 0 Å². The molecule has 0 radical (unpaired) electrons. The van der Waals surface area contributed by atoms with E-state index >= 15 is 0 Å². The smallest absolute Gasteiger partial charge is 0.130 e. The lowest BCUT2D eigenvalue weighted by atomic mass is 10.3. The quantitative estimate of drug-likeness (QED) is 0.617. The number of hydrogen-bond donors (Lipinski definition) is 3. The molecule has 1 aromatic heterocycles. The van der Waals surface area contributed by atoms with E-state index in [2.05, 4.69) is 5.32 Å². The monoisotopic (exact) mass is 309 g/mol. The van der Waals surface area contributed by atoms with Crippen molar-refractivity contribution >= 4 is 11.3 Å². The Labute approximate surface area is 127 Å². The molecule has 3 N–H and O–H groups in total. The van der Waals surface area contributed by atoms with Gasteiger partial charge in [0.2, 0.25) is 0 Å². The molecule has 1 aromatic carbocycles. The fraction of sp³-hybridized carbons (Fsp3) is 0.333. The Bertz CT molecular complexity index is 501. The molecule has 6 heteroatoms. The Morgan fingerprint density at radius 3 is 2.62 bits per heavy atom. The van der Waals surface area contributed by atoms with Crippen molar-refractivity contribution in [2.24, 2.45) is 0 Å². The van der Waals surface area contributed by atoms with Gasteiger partial charge in [0.1, 0.15) is 36.6 Å². The molecule has 0 saturated heterocycles. The first-order chi connectivity index (χ1) is 10.2. The van der Waals surface area contributed by atoms with Crippen molar-refractivity contribution < 1.29 is 19.7 Å². The second-order valence-corrected chi connectivity index (χ2v) is 5.25. The standard InChI is InChI=1S/C15H19NO4S/c17-12-1-3-14(4-2-12)19-7-6-16-9-13(18)10-20-15-5-8-21-11-15/h1-5,8,11,13,16-18H,6-7,9-10H2. The van der Waals surface area contributed by atoms with E-state index in [1.54, 1.807) is 35.6 Å². The first-order valence-electron chi connectivity index (χ1n) is 6.69. The Morgan fingerprint density at radius 2 is 1.90 bits per heavy atom. The Kier molecular flexibility index (Phi) is 6.33. The molecule has 2 aromatic rings. The number of benzene rings is 1. The van der Waals surface area contributed by atoms with Gasteiger partial charge in [0.05, 0.1) is 0 Å². The third kappa shape index (κ3) is 6.03. The van der Waals surface area contributed by atoms with E-state index in [-0.39, 0.29) is 12.4 Å². The predicted octanol–water partition coefficient (Wildman–Crippen LogP) is 1.86. The number of aliphatic hydroxyl groups excluding tert-OH is 1. The third-order valence-electron chi connectivity index (χ3n) is 2.70. The van der Waals surface area contributed by atoms with Gasteiger partial charge in [-0.2, -0.15) is 0 Å². The van der Waals surface area contributed by atoms with Gasteiger partial charge in [-0.25, -0.2) is 0 Å². The molecular weight excluding hydrogens is 290 g/mol. The van der Waals surface area contributed by atoms with Gasteiger partial charge >= 0.3 is 0 Å². The minimum absolute atomic E-state index is 0.217. The Balaban J connectivity index is 1.52. The second kappa shape index (κ2) is 8.51. The van der Waals surface area contributed by atoms with Crippen molar-refractivity contribution in [3.63, 3.8) is 0 Å². The number of phenolic OH excluding ortho intramolecular Hbond substituents is 1. The van der Waals surface area contributed by atoms with Crippen LogP contribution in [0.3, 0.4) is 0 Å². The summed E-state index contributed by atoms with van der Waals surface area (Å²) < 4.78 is 10.9. The molecule has 0 aliphatic heterocycles. The van der Waals surface area contributed by atoms with Crippen LogP contribution in [0.1, 0.15) is 0 Å². The largest absolute Gasteiger partial charge is 0.508 e. The number of ether oxygens (including phenoxy) is 2. The maximum Gasteiger partial charge on any atom is 0.130 e. The van der Waals surface area contributed by atoms with Gasteiger partial charge in [0, 0.05) is 18.5 Å². The van der Waals surface area contributed by atoms with Crippen LogP contribution in [0.4, 0.5) is 0 Å². The van der Waals surface area contributed by atoms with Crippen LogP contribution in [0.15, 0.2) is 41.1 Å². The normalized spacial score (nSPS) is 12.0. The number of phenols is 1. The molecule has 21 heavy (non-hydrogen) atoms. The molecule has 0 spiro atoms. The fourth-order valence-corrected chi connectivity index (χ4v) is 2.21. The molecule has 1 unspecified atom stereocenters. The lowest BCUT2D eigenvalue weighted by Crippen LogP contribution is -2.33. The van der Waals surface area contributed by atoms with Gasteiger partial charge in [-0.05, 0) is 35.7 Å². The molecule has 1 atom stereocenters. The van der Waals surface area contributed by atoms with Crippen LogP contribution >= 0.6 is 11.3 Å². The lowest BCUT2D eigenvalue weighted by molar-refractivity contribution is 0.106. The number of nitrogens with one attached hydrogen (secondary N) is 1. The van der Waals surface area contributed by atoms with E-state index < -0.39 is 6.10 Å². The molecule has 114 valence electrons. The van der Waals surface area contributed by atoms with Crippen molar-refractivity contribution in [2.75, 3.05) is 26.3 Å². The second-order valence-electron chi connectivity index (χ2n) is 4.47. The van der Waals surface area contributed by atoms with Crippen molar-refractivity contribution in [2.45, 2.75) is 6.10 Å². The predicted molar refractivity (Wildman–Crippen MR) is 82.3 cm³/mol. The van der Waals surface area contributed by atoms with Crippen molar-refractivity contribution in [3.8, 4) is 17.2 Å². The SMILES string of the molecule is Oc1ccc(OCCNCC(O)COc2ccsc2)cc1. The van der Waals surface area contributed by atoms with E-state index in [1.807, 2.05) is 16.8 Å². The molecular formula is C15H19NO4S. The van der Waals surface area contributed by atoms with Crippen LogP contribution in [0, 0.1) is 0 Å². The third-order valence-corrected chi connectivity index (χ3v) is 3.36. The van der Waals surface area contributed by atoms with Crippen LogP contribution in [0.2, 0.25) is 0 Å². The molecule has 2 rings (SSSR count). The van der Waals surface area contributed by atoms with Crippen LogP contribution in [-0.4, -0.2) is 42.6 Å². The molecule has 0 aliphatic rings. The van der Waals surface area contributed by atoms with E-state index in [9.17, 15) is 5.11 Å². The summed E-state index contributed by atoms with van der Waals surface area (Å²) in [7, 11) is 0. The van der Waals surface area contributed by atoms with Gasteiger partial charge in [-0.3, -0.25) is 0 Å². The average molecular weight is 309 g/mol. The van der Waals surface area contributed by atoms with Crippen molar-refractivity contribution in [1.82, 2.24) is 5.32 Å². The number of thiophene rings is 1. The first-order valence-corrected chi connectivity index (χ1v) is 7.64. The van der Waals surface area contributed by atoms with Crippen LogP contribution in [-0.2, 0) is 0 Å². The summed E-state index contributed by atoms with van der Waals surface area (Å²) in [4.78, 5) is 0. The van der Waals surface area contributed by atoms with E-state index in [4.69, 9.17) is 14.6 Å². The molecule has 0 aliphatic carbocycles. The molecule has 0 saturated carbocycles. The molecule has 5 nitrogen and oxygen atoms in total. The van der Waals surface area contributed by atoms with E-state index in [1.165, 1.54) is 0 Å². The molecule has 0 fully saturated rings. The lowest BCUT2D eigenvalue weighted by Gasteiger charge is -2.13. The van der Waals surface area contributed by atoms with E-state index in [0.29, 0.717) is 25.4 Å². The summed E-state index contributed by atoms with van der Waals surface area (Å²) in [6, 6.07) is 8.44. The maximum atomic E-state index is 9.74. The van der Waals surface area contributed by atoms with Crippen molar-refractivity contribution in [3.05, 3.63) is 41.1 Å². The molecule has 0 amide bonds. The highest BCUT2D eigenvalue weighted by molar-refractivity contribution is 7.08. The topological polar surface area (TPSA) is 71.0 Å². The fourth-order valence-electron chi connectivity index (χ4n) is 1.64. The summed E-state index contributed by atoms with van der Waals surface area (Å²) >= 11 is 1.56. The van der Waals surface area contributed by atoms with Gasteiger partial charge in [-0.1, -0.05) is 0 Å². The number of hydrogen-bond acceptors (Lipinski definition) is 6. The highest BCUT2D eigenvalue weighted by Crippen LogP contribution is 2.15. The van der Waals surface area contributed by atoms with E-state index in [0.717, 1.165) is 5.75 Å². The summed E-state index contributed by atoms with van der Waals surface area (Å²) in [6.45, 7) is 1.82. The zero-order chi connectivity index (χ0) is 14.9. The average Bonchev–Trinajstić information content (AvgIpc) is 3.00. The van der Waals surface area contributed by atoms with Crippen molar-refractivity contribution in [1.29, 1.82) is 0 Å². The minimum Gasteiger partial charge on any atom is -0.508 e. The van der Waals surface area contributed by atoms with Crippen LogP contribution in [0.25, 0.3) is 0 Å². The highest BCUT2D eigenvalue weighted by atomic mass is 32.1. The van der Waals surface area contributed by atoms with Gasteiger partial charge < -0.3 is 25.0 Å². The first kappa shape index (κ1) is 15.6.